The SMILES string of the molecule is C=CCOC(=O)C1=C(S[C@H]2C[C@@H](CN3CCN(CC)S3(=O)=O)N(C(=O)OCC=C)C2)[C@H](C)[C@@H]2[C@@H]([C@@H](C)O)C(=O)N12. The Bertz CT molecular complexity index is 1190. The minimum Gasteiger partial charge on any atom is -0.457 e. The van der Waals surface area contributed by atoms with Gasteiger partial charge < -0.3 is 24.4 Å². The van der Waals surface area contributed by atoms with Crippen molar-refractivity contribution in [2.45, 2.75) is 50.6 Å². The number of hydrogen-bond donors (Lipinski definition) is 1. The van der Waals surface area contributed by atoms with Crippen LogP contribution in [0.4, 0.5) is 4.79 Å². The van der Waals surface area contributed by atoms with Gasteiger partial charge in [-0.2, -0.15) is 17.0 Å². The van der Waals surface area contributed by atoms with Crippen molar-refractivity contribution in [1.82, 2.24) is 18.4 Å². The predicted octanol–water partition coefficient (Wildman–Crippen LogP) is 1.17. The normalized spacial score (nSPS) is 30.7. The van der Waals surface area contributed by atoms with Gasteiger partial charge in [0.2, 0.25) is 5.91 Å². The van der Waals surface area contributed by atoms with Crippen LogP contribution in [0.25, 0.3) is 0 Å². The molecule has 0 saturated carbocycles. The fraction of sp³-hybridized carbons (Fsp3) is 0.654. The second-order valence-electron chi connectivity index (χ2n) is 10.4. The third kappa shape index (κ3) is 5.43. The van der Waals surface area contributed by atoms with Gasteiger partial charge in [-0.1, -0.05) is 39.2 Å². The van der Waals surface area contributed by atoms with Gasteiger partial charge in [0.1, 0.15) is 18.9 Å². The van der Waals surface area contributed by atoms with E-state index in [1.54, 1.807) is 18.7 Å². The predicted molar refractivity (Wildman–Crippen MR) is 149 cm³/mol. The van der Waals surface area contributed by atoms with Crippen molar-refractivity contribution in [2.24, 2.45) is 11.8 Å². The van der Waals surface area contributed by atoms with Crippen molar-refractivity contribution in [2.75, 3.05) is 45.9 Å². The summed E-state index contributed by atoms with van der Waals surface area (Å²) >= 11 is 1.40. The first-order valence-electron chi connectivity index (χ1n) is 13.5. The lowest BCUT2D eigenvalue weighted by atomic mass is 9.79. The number of likely N-dealkylation sites (tertiary alicyclic amines) is 1. The van der Waals surface area contributed by atoms with Crippen molar-refractivity contribution in [1.29, 1.82) is 0 Å². The van der Waals surface area contributed by atoms with Gasteiger partial charge in [-0.15, -0.1) is 11.8 Å². The fourth-order valence-corrected chi connectivity index (χ4v) is 9.18. The molecule has 4 aliphatic rings. The summed E-state index contributed by atoms with van der Waals surface area (Å²) in [5.74, 6) is -1.84. The Labute approximate surface area is 239 Å². The van der Waals surface area contributed by atoms with E-state index >= 15 is 0 Å². The van der Waals surface area contributed by atoms with Gasteiger partial charge in [-0.3, -0.25) is 4.79 Å². The quantitative estimate of drug-likeness (QED) is 0.211. The third-order valence-corrected chi connectivity index (χ3v) is 11.5. The summed E-state index contributed by atoms with van der Waals surface area (Å²) in [6.07, 6.45) is 1.92. The van der Waals surface area contributed by atoms with Crippen molar-refractivity contribution < 1.29 is 37.4 Å². The summed E-state index contributed by atoms with van der Waals surface area (Å²) in [4.78, 5) is 42.6. The molecule has 12 nitrogen and oxygen atoms in total. The smallest absolute Gasteiger partial charge is 0.410 e. The third-order valence-electron chi connectivity index (χ3n) is 7.88. The highest BCUT2D eigenvalue weighted by Gasteiger charge is 2.60. The summed E-state index contributed by atoms with van der Waals surface area (Å²) in [6.45, 7) is 13.9. The first-order valence-corrected chi connectivity index (χ1v) is 15.7. The second kappa shape index (κ2) is 12.2. The number of β-lactam (4-membered cyclic amide) rings is 1. The number of hydrogen-bond acceptors (Lipinski definition) is 9. The first kappa shape index (κ1) is 30.6. The molecular weight excluding hydrogens is 560 g/mol. The van der Waals surface area contributed by atoms with E-state index in [1.807, 2.05) is 6.92 Å². The number of amides is 2. The van der Waals surface area contributed by atoms with Crippen molar-refractivity contribution in [3.05, 3.63) is 35.9 Å². The molecule has 0 spiro atoms. The van der Waals surface area contributed by atoms with Gasteiger partial charge in [0, 0.05) is 48.8 Å². The molecule has 1 N–H and O–H groups in total. The van der Waals surface area contributed by atoms with E-state index in [9.17, 15) is 27.9 Å². The van der Waals surface area contributed by atoms with Gasteiger partial charge in [-0.05, 0) is 13.3 Å². The number of fused-ring (bicyclic) bond motifs is 1. The van der Waals surface area contributed by atoms with Crippen LogP contribution in [-0.4, -0.2) is 119 Å². The molecule has 2 amide bonds. The zero-order chi connectivity index (χ0) is 29.4. The molecule has 0 bridgehead atoms. The number of carbonyl (C=O) groups is 3. The summed E-state index contributed by atoms with van der Waals surface area (Å²) in [5.41, 5.74) is 0.163. The molecule has 6 atom stereocenters. The number of likely N-dealkylation sites (N-methyl/N-ethyl adjacent to an activating group) is 1. The van der Waals surface area contributed by atoms with E-state index in [4.69, 9.17) is 9.47 Å². The van der Waals surface area contributed by atoms with Crippen LogP contribution >= 0.6 is 11.8 Å². The van der Waals surface area contributed by atoms with Crippen LogP contribution in [0.5, 0.6) is 0 Å². The van der Waals surface area contributed by atoms with Crippen LogP contribution in [-0.2, 0) is 29.3 Å². The molecule has 0 aromatic carbocycles. The number of esters is 1. The summed E-state index contributed by atoms with van der Waals surface area (Å²) in [7, 11) is -3.62. The zero-order valence-electron chi connectivity index (χ0n) is 23.1. The number of ether oxygens (including phenoxy) is 2. The summed E-state index contributed by atoms with van der Waals surface area (Å²) < 4.78 is 39.3. The van der Waals surface area contributed by atoms with Gasteiger partial charge in [0.15, 0.2) is 0 Å². The van der Waals surface area contributed by atoms with Gasteiger partial charge in [0.25, 0.3) is 10.2 Å². The molecular formula is C26H38N4O8S2. The molecule has 3 fully saturated rings. The largest absolute Gasteiger partial charge is 0.457 e. The van der Waals surface area contributed by atoms with Crippen molar-refractivity contribution >= 4 is 39.9 Å². The lowest BCUT2D eigenvalue weighted by Crippen LogP contribution is -2.63. The molecule has 40 heavy (non-hydrogen) atoms. The number of aliphatic hydroxyl groups is 1. The number of rotatable bonds is 11. The molecule has 0 aromatic heterocycles. The van der Waals surface area contributed by atoms with Crippen LogP contribution in [0.3, 0.4) is 0 Å². The van der Waals surface area contributed by atoms with Crippen LogP contribution in [0, 0.1) is 11.8 Å². The van der Waals surface area contributed by atoms with Gasteiger partial charge >= 0.3 is 12.1 Å². The number of nitrogens with zero attached hydrogens (tertiary/aromatic N) is 4. The van der Waals surface area contributed by atoms with E-state index in [1.165, 1.54) is 37.4 Å². The van der Waals surface area contributed by atoms with E-state index < -0.39 is 40.3 Å². The standard InChI is InChI=1S/C26H38N4O8S2/c1-6-11-37-25(33)22-23(16(4)21-20(17(5)31)24(32)30(21)22)39-19-13-18(29(15-19)26(34)38-12-7-2)14-28-10-9-27(8-3)40(28,35)36/h6-7,16-21,31H,1-2,8-15H2,3-5H3/t16-,17-,18+,19+,20-,21-/m1/s1. The molecule has 4 heterocycles. The van der Waals surface area contributed by atoms with Crippen LogP contribution in [0.1, 0.15) is 27.2 Å². The molecule has 3 saturated heterocycles. The summed E-state index contributed by atoms with van der Waals surface area (Å²) in [5, 5.41) is 10.0. The Morgan fingerprint density at radius 2 is 1.82 bits per heavy atom. The highest BCUT2D eigenvalue weighted by atomic mass is 32.2. The van der Waals surface area contributed by atoms with Crippen molar-refractivity contribution in [3.8, 4) is 0 Å². The Balaban J connectivity index is 1.59. The highest BCUT2D eigenvalue weighted by molar-refractivity contribution is 8.03. The number of thioether (sulfide) groups is 1. The van der Waals surface area contributed by atoms with Gasteiger partial charge in [-0.25, -0.2) is 9.59 Å². The Kier molecular flexibility index (Phi) is 9.35. The molecule has 0 aliphatic carbocycles. The highest BCUT2D eigenvalue weighted by Crippen LogP contribution is 2.52. The van der Waals surface area contributed by atoms with E-state index in [0.717, 1.165) is 0 Å². The molecule has 222 valence electrons. The van der Waals surface area contributed by atoms with Crippen LogP contribution < -0.4 is 0 Å². The van der Waals surface area contributed by atoms with E-state index in [2.05, 4.69) is 13.2 Å². The van der Waals surface area contributed by atoms with E-state index in [-0.39, 0.29) is 55.1 Å². The first-order chi connectivity index (χ1) is 19.0. The van der Waals surface area contributed by atoms with Crippen LogP contribution in [0.2, 0.25) is 0 Å². The minimum atomic E-state index is -3.62. The Morgan fingerprint density at radius 1 is 1.18 bits per heavy atom. The second-order valence-corrected chi connectivity index (χ2v) is 13.6. The minimum absolute atomic E-state index is 0.0191. The average molecular weight is 599 g/mol. The molecule has 0 aromatic rings. The van der Waals surface area contributed by atoms with Gasteiger partial charge in [0.05, 0.1) is 24.1 Å². The lowest BCUT2D eigenvalue weighted by molar-refractivity contribution is -0.164. The summed E-state index contributed by atoms with van der Waals surface area (Å²) in [6, 6.07) is -0.819. The maximum absolute atomic E-state index is 13.1. The topological polar surface area (TPSA) is 137 Å². The molecule has 14 heteroatoms. The monoisotopic (exact) mass is 598 g/mol. The van der Waals surface area contributed by atoms with Crippen LogP contribution in [0.15, 0.2) is 35.9 Å². The number of aliphatic hydroxyl groups excluding tert-OH is 1. The lowest BCUT2D eigenvalue weighted by Gasteiger charge is -2.46. The molecule has 4 rings (SSSR count). The molecule has 4 aliphatic heterocycles. The maximum Gasteiger partial charge on any atom is 0.410 e. The number of carbonyl (C=O) groups excluding carboxylic acids is 3. The Morgan fingerprint density at radius 3 is 2.42 bits per heavy atom. The van der Waals surface area contributed by atoms with E-state index in [0.29, 0.717) is 31.0 Å². The Hall–Kier alpha value is -2.39. The zero-order valence-corrected chi connectivity index (χ0v) is 24.7. The fourth-order valence-electron chi connectivity index (χ4n) is 5.98. The average Bonchev–Trinajstić information content (AvgIpc) is 3.51. The molecule has 0 radical (unpaired) electrons. The maximum atomic E-state index is 13.1. The molecule has 0 unspecified atom stereocenters. The van der Waals surface area contributed by atoms with Crippen molar-refractivity contribution in [3.63, 3.8) is 0 Å².